The Bertz CT molecular complexity index is 349. The first-order valence-electron chi connectivity index (χ1n) is 5.00. The van der Waals surface area contributed by atoms with Gasteiger partial charge in [-0.1, -0.05) is 12.1 Å². The predicted molar refractivity (Wildman–Crippen MR) is 67.5 cm³/mol. The third-order valence-corrected chi connectivity index (χ3v) is 3.02. The molecular formula is C12H17NOS. The SMILES string of the molecule is CSCCC(=O)Nc1cccc(C)c1C. The molecule has 0 aromatic heterocycles. The average Bonchev–Trinajstić information content (AvgIpc) is 2.22. The van der Waals surface area contributed by atoms with Crippen LogP contribution in [0.3, 0.4) is 0 Å². The van der Waals surface area contributed by atoms with Gasteiger partial charge in [-0.15, -0.1) is 0 Å². The molecule has 0 bridgehead atoms. The molecule has 1 aromatic rings. The minimum absolute atomic E-state index is 0.0954. The molecule has 0 aliphatic carbocycles. The van der Waals surface area contributed by atoms with Crippen LogP contribution in [0.1, 0.15) is 17.5 Å². The van der Waals surface area contributed by atoms with Crippen LogP contribution in [-0.4, -0.2) is 17.9 Å². The summed E-state index contributed by atoms with van der Waals surface area (Å²) in [7, 11) is 0. The Hall–Kier alpha value is -0.960. The predicted octanol–water partition coefficient (Wildman–Crippen LogP) is 3.00. The van der Waals surface area contributed by atoms with Crippen molar-refractivity contribution in [3.8, 4) is 0 Å². The van der Waals surface area contributed by atoms with Crippen LogP contribution in [-0.2, 0) is 4.79 Å². The average molecular weight is 223 g/mol. The summed E-state index contributed by atoms with van der Waals surface area (Å²) in [6, 6.07) is 5.96. The molecule has 1 N–H and O–H groups in total. The van der Waals surface area contributed by atoms with E-state index < -0.39 is 0 Å². The topological polar surface area (TPSA) is 29.1 Å². The summed E-state index contributed by atoms with van der Waals surface area (Å²) in [6.45, 7) is 4.08. The fourth-order valence-electron chi connectivity index (χ4n) is 1.29. The Morgan fingerprint density at radius 3 is 2.80 bits per heavy atom. The van der Waals surface area contributed by atoms with Crippen LogP contribution in [0.4, 0.5) is 5.69 Å². The third-order valence-electron chi connectivity index (χ3n) is 2.41. The monoisotopic (exact) mass is 223 g/mol. The van der Waals surface area contributed by atoms with Crippen LogP contribution >= 0.6 is 11.8 Å². The van der Waals surface area contributed by atoms with Gasteiger partial charge in [0.15, 0.2) is 0 Å². The first kappa shape index (κ1) is 12.1. The van der Waals surface area contributed by atoms with Crippen molar-refractivity contribution in [1.29, 1.82) is 0 Å². The second-order valence-corrected chi connectivity index (χ2v) is 4.52. The fraction of sp³-hybridized carbons (Fsp3) is 0.417. The van der Waals surface area contributed by atoms with Crippen molar-refractivity contribution in [3.05, 3.63) is 29.3 Å². The van der Waals surface area contributed by atoms with Gasteiger partial charge in [0.25, 0.3) is 0 Å². The number of amides is 1. The van der Waals surface area contributed by atoms with E-state index in [1.54, 1.807) is 11.8 Å². The maximum atomic E-state index is 11.5. The lowest BCUT2D eigenvalue weighted by atomic mass is 10.1. The molecule has 15 heavy (non-hydrogen) atoms. The van der Waals surface area contributed by atoms with E-state index in [4.69, 9.17) is 0 Å². The molecule has 0 aliphatic heterocycles. The summed E-state index contributed by atoms with van der Waals surface area (Å²) >= 11 is 1.69. The molecule has 3 heteroatoms. The molecule has 0 heterocycles. The Balaban J connectivity index is 2.64. The zero-order valence-corrected chi connectivity index (χ0v) is 10.3. The van der Waals surface area contributed by atoms with Crippen molar-refractivity contribution >= 4 is 23.4 Å². The number of nitrogens with one attached hydrogen (secondary N) is 1. The molecule has 1 amide bonds. The van der Waals surface area contributed by atoms with Gasteiger partial charge in [0, 0.05) is 17.9 Å². The van der Waals surface area contributed by atoms with Gasteiger partial charge in [-0.3, -0.25) is 4.79 Å². The van der Waals surface area contributed by atoms with Crippen molar-refractivity contribution in [2.75, 3.05) is 17.3 Å². The number of hydrogen-bond acceptors (Lipinski definition) is 2. The number of thioether (sulfide) groups is 1. The summed E-state index contributed by atoms with van der Waals surface area (Å²) in [6.07, 6.45) is 2.58. The van der Waals surface area contributed by atoms with Gasteiger partial charge in [-0.2, -0.15) is 11.8 Å². The van der Waals surface area contributed by atoms with Crippen molar-refractivity contribution in [2.24, 2.45) is 0 Å². The smallest absolute Gasteiger partial charge is 0.225 e. The third kappa shape index (κ3) is 3.59. The second kappa shape index (κ2) is 5.81. The van der Waals surface area contributed by atoms with Crippen molar-refractivity contribution in [3.63, 3.8) is 0 Å². The molecule has 0 atom stereocenters. The Morgan fingerprint density at radius 2 is 2.13 bits per heavy atom. The molecule has 2 nitrogen and oxygen atoms in total. The first-order chi connectivity index (χ1) is 7.15. The Labute approximate surface area is 95.5 Å². The molecular weight excluding hydrogens is 206 g/mol. The van der Waals surface area contributed by atoms with Gasteiger partial charge < -0.3 is 5.32 Å². The number of aryl methyl sites for hydroxylation is 1. The standard InChI is InChI=1S/C12H17NOS/c1-9-5-4-6-11(10(9)2)13-12(14)7-8-15-3/h4-6H,7-8H2,1-3H3,(H,13,14). The number of carbonyl (C=O) groups is 1. The van der Waals surface area contributed by atoms with Crippen molar-refractivity contribution in [1.82, 2.24) is 0 Å². The Kier molecular flexibility index (Phi) is 4.69. The van der Waals surface area contributed by atoms with Gasteiger partial charge in [-0.05, 0) is 37.3 Å². The van der Waals surface area contributed by atoms with Gasteiger partial charge in [-0.25, -0.2) is 0 Å². The van der Waals surface area contributed by atoms with E-state index in [-0.39, 0.29) is 5.91 Å². The molecule has 0 aliphatic rings. The molecule has 1 rings (SSSR count). The van der Waals surface area contributed by atoms with Gasteiger partial charge in [0.05, 0.1) is 0 Å². The summed E-state index contributed by atoms with van der Waals surface area (Å²) in [5.74, 6) is 0.967. The molecule has 82 valence electrons. The van der Waals surface area contributed by atoms with Crippen LogP contribution in [0.15, 0.2) is 18.2 Å². The zero-order valence-electron chi connectivity index (χ0n) is 9.46. The minimum atomic E-state index is 0.0954. The Morgan fingerprint density at radius 1 is 1.40 bits per heavy atom. The normalized spacial score (nSPS) is 10.1. The zero-order chi connectivity index (χ0) is 11.3. The van der Waals surface area contributed by atoms with Crippen molar-refractivity contribution < 1.29 is 4.79 Å². The van der Waals surface area contributed by atoms with Crippen LogP contribution in [0, 0.1) is 13.8 Å². The molecule has 0 unspecified atom stereocenters. The largest absolute Gasteiger partial charge is 0.326 e. The lowest BCUT2D eigenvalue weighted by Gasteiger charge is -2.09. The summed E-state index contributed by atoms with van der Waals surface area (Å²) in [5.41, 5.74) is 3.29. The summed E-state index contributed by atoms with van der Waals surface area (Å²) in [4.78, 5) is 11.5. The van der Waals surface area contributed by atoms with E-state index in [0.717, 1.165) is 17.0 Å². The minimum Gasteiger partial charge on any atom is -0.326 e. The quantitative estimate of drug-likeness (QED) is 0.850. The molecule has 0 spiro atoms. The summed E-state index contributed by atoms with van der Waals surface area (Å²) < 4.78 is 0. The van der Waals surface area contributed by atoms with Crippen LogP contribution in [0.2, 0.25) is 0 Å². The molecule has 0 saturated carbocycles. The molecule has 1 aromatic carbocycles. The van der Waals surface area contributed by atoms with E-state index in [9.17, 15) is 4.79 Å². The van der Waals surface area contributed by atoms with E-state index in [0.29, 0.717) is 6.42 Å². The highest BCUT2D eigenvalue weighted by atomic mass is 32.2. The highest BCUT2D eigenvalue weighted by molar-refractivity contribution is 7.98. The lowest BCUT2D eigenvalue weighted by Crippen LogP contribution is -2.13. The van der Waals surface area contributed by atoms with E-state index in [1.165, 1.54) is 5.56 Å². The maximum absolute atomic E-state index is 11.5. The first-order valence-corrected chi connectivity index (χ1v) is 6.39. The van der Waals surface area contributed by atoms with Gasteiger partial charge >= 0.3 is 0 Å². The molecule has 0 fully saturated rings. The number of benzene rings is 1. The van der Waals surface area contributed by atoms with Crippen LogP contribution in [0.5, 0.6) is 0 Å². The van der Waals surface area contributed by atoms with Gasteiger partial charge in [0.1, 0.15) is 0 Å². The van der Waals surface area contributed by atoms with Gasteiger partial charge in [0.2, 0.25) is 5.91 Å². The lowest BCUT2D eigenvalue weighted by molar-refractivity contribution is -0.115. The number of hydrogen-bond donors (Lipinski definition) is 1. The highest BCUT2D eigenvalue weighted by Gasteiger charge is 2.04. The molecule has 0 saturated heterocycles. The second-order valence-electron chi connectivity index (χ2n) is 3.54. The number of anilines is 1. The number of rotatable bonds is 4. The van der Waals surface area contributed by atoms with E-state index in [1.807, 2.05) is 38.3 Å². The molecule has 0 radical (unpaired) electrons. The fourth-order valence-corrected chi connectivity index (χ4v) is 1.68. The van der Waals surface area contributed by atoms with E-state index in [2.05, 4.69) is 5.32 Å². The highest BCUT2D eigenvalue weighted by Crippen LogP contribution is 2.18. The van der Waals surface area contributed by atoms with Crippen LogP contribution < -0.4 is 5.32 Å². The number of carbonyl (C=O) groups excluding carboxylic acids is 1. The van der Waals surface area contributed by atoms with Crippen molar-refractivity contribution in [2.45, 2.75) is 20.3 Å². The van der Waals surface area contributed by atoms with Crippen LogP contribution in [0.25, 0.3) is 0 Å². The summed E-state index contributed by atoms with van der Waals surface area (Å²) in [5, 5.41) is 2.93. The maximum Gasteiger partial charge on any atom is 0.225 e. The van der Waals surface area contributed by atoms with E-state index >= 15 is 0 Å².